The Morgan fingerprint density at radius 2 is 1.80 bits per heavy atom. The highest BCUT2D eigenvalue weighted by atomic mass is 35.5. The quantitative estimate of drug-likeness (QED) is 0.735. The van der Waals surface area contributed by atoms with Gasteiger partial charge in [-0.3, -0.25) is 0 Å². The van der Waals surface area contributed by atoms with E-state index >= 15 is 0 Å². The summed E-state index contributed by atoms with van der Waals surface area (Å²) in [4.78, 5) is 0. The molecular formula is C16H25Cl2NO. The first-order valence-electron chi connectivity index (χ1n) is 7.38. The highest BCUT2D eigenvalue weighted by Gasteiger charge is 2.29. The Hall–Kier alpha value is -0.280. The molecule has 20 heavy (non-hydrogen) atoms. The van der Waals surface area contributed by atoms with Gasteiger partial charge in [0.05, 0.1) is 6.10 Å². The Bertz CT molecular complexity index is 391. The summed E-state index contributed by atoms with van der Waals surface area (Å²) in [7, 11) is 0. The molecule has 2 nitrogen and oxygen atoms in total. The largest absolute Gasteiger partial charge is 0.392 e. The average molecular weight is 318 g/mol. The van der Waals surface area contributed by atoms with Crippen LogP contribution in [0.3, 0.4) is 0 Å². The van der Waals surface area contributed by atoms with Crippen molar-refractivity contribution in [1.29, 1.82) is 0 Å². The number of aliphatic hydroxyl groups excluding tert-OH is 1. The highest BCUT2D eigenvalue weighted by molar-refractivity contribution is 6.36. The van der Waals surface area contributed by atoms with Gasteiger partial charge in [-0.2, -0.15) is 0 Å². The summed E-state index contributed by atoms with van der Waals surface area (Å²) in [5, 5.41) is 11.9. The molecule has 0 saturated heterocycles. The van der Waals surface area contributed by atoms with E-state index in [4.69, 9.17) is 28.9 Å². The number of aliphatic hydroxyl groups is 1. The van der Waals surface area contributed by atoms with Gasteiger partial charge in [-0.15, -0.1) is 0 Å². The molecule has 0 spiro atoms. The van der Waals surface area contributed by atoms with E-state index in [0.717, 1.165) is 31.2 Å². The van der Waals surface area contributed by atoms with Crippen molar-refractivity contribution in [2.45, 2.75) is 51.6 Å². The summed E-state index contributed by atoms with van der Waals surface area (Å²) in [6.07, 6.45) is 3.67. The molecule has 1 rings (SSSR count). The second kappa shape index (κ2) is 8.89. The Labute approximate surface area is 132 Å². The minimum absolute atomic E-state index is 0.210. The second-order valence-corrected chi connectivity index (χ2v) is 6.09. The Kier molecular flexibility index (Phi) is 7.90. The van der Waals surface area contributed by atoms with E-state index < -0.39 is 6.10 Å². The summed E-state index contributed by atoms with van der Waals surface area (Å²) < 4.78 is 0. The SMILES string of the molecule is CCCCC(CC)C(O)C(CN)c1c(Cl)cccc1Cl. The van der Waals surface area contributed by atoms with Crippen LogP contribution in [-0.2, 0) is 0 Å². The van der Waals surface area contributed by atoms with E-state index in [-0.39, 0.29) is 11.8 Å². The molecule has 0 bridgehead atoms. The average Bonchev–Trinajstić information content (AvgIpc) is 2.43. The van der Waals surface area contributed by atoms with Crippen molar-refractivity contribution in [2.24, 2.45) is 11.7 Å². The van der Waals surface area contributed by atoms with Crippen LogP contribution in [0.5, 0.6) is 0 Å². The lowest BCUT2D eigenvalue weighted by atomic mass is 9.82. The number of hydrogen-bond acceptors (Lipinski definition) is 2. The topological polar surface area (TPSA) is 46.2 Å². The van der Waals surface area contributed by atoms with Gasteiger partial charge < -0.3 is 10.8 Å². The molecule has 114 valence electrons. The fraction of sp³-hybridized carbons (Fsp3) is 0.625. The third-order valence-electron chi connectivity index (χ3n) is 3.97. The Morgan fingerprint density at radius 1 is 1.20 bits per heavy atom. The van der Waals surface area contributed by atoms with Gasteiger partial charge in [0.25, 0.3) is 0 Å². The van der Waals surface area contributed by atoms with Crippen molar-refractivity contribution < 1.29 is 5.11 Å². The molecule has 0 aliphatic heterocycles. The van der Waals surface area contributed by atoms with Crippen molar-refractivity contribution in [1.82, 2.24) is 0 Å². The Balaban J connectivity index is 2.99. The number of halogens is 2. The third kappa shape index (κ3) is 4.36. The van der Waals surface area contributed by atoms with Gasteiger partial charge >= 0.3 is 0 Å². The van der Waals surface area contributed by atoms with Crippen LogP contribution in [-0.4, -0.2) is 17.8 Å². The monoisotopic (exact) mass is 317 g/mol. The van der Waals surface area contributed by atoms with Crippen molar-refractivity contribution in [2.75, 3.05) is 6.54 Å². The van der Waals surface area contributed by atoms with Gasteiger partial charge in [0.15, 0.2) is 0 Å². The number of unbranched alkanes of at least 4 members (excludes halogenated alkanes) is 1. The second-order valence-electron chi connectivity index (χ2n) is 5.28. The van der Waals surface area contributed by atoms with Crippen LogP contribution in [0.2, 0.25) is 10.0 Å². The van der Waals surface area contributed by atoms with Gasteiger partial charge in [-0.1, -0.05) is 62.4 Å². The lowest BCUT2D eigenvalue weighted by Gasteiger charge is -2.30. The fourth-order valence-corrected chi connectivity index (χ4v) is 3.38. The van der Waals surface area contributed by atoms with Crippen LogP contribution < -0.4 is 5.73 Å². The zero-order chi connectivity index (χ0) is 15.1. The van der Waals surface area contributed by atoms with E-state index in [1.165, 1.54) is 0 Å². The molecule has 0 heterocycles. The maximum atomic E-state index is 10.7. The maximum Gasteiger partial charge on any atom is 0.0649 e. The van der Waals surface area contributed by atoms with Crippen LogP contribution in [0.1, 0.15) is 51.0 Å². The van der Waals surface area contributed by atoms with Crippen LogP contribution in [0.15, 0.2) is 18.2 Å². The molecule has 3 unspecified atom stereocenters. The van der Waals surface area contributed by atoms with Gasteiger partial charge in [-0.25, -0.2) is 0 Å². The summed E-state index contributed by atoms with van der Waals surface area (Å²) in [5.74, 6) is 0.0221. The summed E-state index contributed by atoms with van der Waals surface area (Å²) in [6, 6.07) is 5.40. The third-order valence-corrected chi connectivity index (χ3v) is 4.63. The van der Waals surface area contributed by atoms with Crippen LogP contribution in [0.25, 0.3) is 0 Å². The fourth-order valence-electron chi connectivity index (χ4n) is 2.70. The van der Waals surface area contributed by atoms with E-state index in [2.05, 4.69) is 13.8 Å². The minimum Gasteiger partial charge on any atom is -0.392 e. The molecule has 0 amide bonds. The normalized spacial score (nSPS) is 15.9. The predicted molar refractivity (Wildman–Crippen MR) is 87.6 cm³/mol. The first kappa shape index (κ1) is 17.8. The lowest BCUT2D eigenvalue weighted by Crippen LogP contribution is -2.32. The summed E-state index contributed by atoms with van der Waals surface area (Å²) >= 11 is 12.5. The maximum absolute atomic E-state index is 10.7. The summed E-state index contributed by atoms with van der Waals surface area (Å²) in [5.41, 5.74) is 6.67. The van der Waals surface area contributed by atoms with Gasteiger partial charge in [-0.05, 0) is 30.0 Å². The van der Waals surface area contributed by atoms with Crippen LogP contribution >= 0.6 is 23.2 Å². The number of nitrogens with two attached hydrogens (primary N) is 1. The molecule has 0 aliphatic rings. The molecule has 3 N–H and O–H groups in total. The Morgan fingerprint density at radius 3 is 2.25 bits per heavy atom. The molecule has 4 heteroatoms. The molecule has 0 aliphatic carbocycles. The number of benzene rings is 1. The van der Waals surface area contributed by atoms with E-state index in [1.54, 1.807) is 12.1 Å². The van der Waals surface area contributed by atoms with Crippen LogP contribution in [0, 0.1) is 5.92 Å². The molecule has 0 aromatic heterocycles. The van der Waals surface area contributed by atoms with Crippen molar-refractivity contribution in [3.63, 3.8) is 0 Å². The number of hydrogen-bond donors (Lipinski definition) is 2. The molecule has 1 aromatic rings. The standard InChI is InChI=1S/C16H25Cl2NO/c1-3-5-7-11(4-2)16(20)12(10-19)15-13(17)8-6-9-14(15)18/h6,8-9,11-12,16,20H,3-5,7,10,19H2,1-2H3. The molecule has 0 saturated carbocycles. The van der Waals surface area contributed by atoms with Gasteiger partial charge in [0, 0.05) is 22.5 Å². The van der Waals surface area contributed by atoms with Gasteiger partial charge in [0.2, 0.25) is 0 Å². The molecule has 3 atom stereocenters. The molecule has 0 radical (unpaired) electrons. The molecule has 1 aromatic carbocycles. The molecular weight excluding hydrogens is 293 g/mol. The smallest absolute Gasteiger partial charge is 0.0649 e. The van der Waals surface area contributed by atoms with E-state index in [1.807, 2.05) is 6.07 Å². The highest BCUT2D eigenvalue weighted by Crippen LogP contribution is 2.36. The first-order chi connectivity index (χ1) is 9.56. The minimum atomic E-state index is -0.506. The summed E-state index contributed by atoms with van der Waals surface area (Å²) in [6.45, 7) is 4.60. The van der Waals surface area contributed by atoms with Gasteiger partial charge in [0.1, 0.15) is 0 Å². The predicted octanol–water partition coefficient (Wildman–Crippen LogP) is 4.61. The molecule has 0 fully saturated rings. The van der Waals surface area contributed by atoms with E-state index in [0.29, 0.717) is 16.6 Å². The van der Waals surface area contributed by atoms with Crippen molar-refractivity contribution in [3.8, 4) is 0 Å². The van der Waals surface area contributed by atoms with Crippen molar-refractivity contribution >= 4 is 23.2 Å². The lowest BCUT2D eigenvalue weighted by molar-refractivity contribution is 0.0744. The first-order valence-corrected chi connectivity index (χ1v) is 8.14. The number of rotatable bonds is 8. The van der Waals surface area contributed by atoms with Crippen molar-refractivity contribution in [3.05, 3.63) is 33.8 Å². The van der Waals surface area contributed by atoms with E-state index in [9.17, 15) is 5.11 Å². The zero-order valence-corrected chi connectivity index (χ0v) is 13.8. The van der Waals surface area contributed by atoms with Crippen LogP contribution in [0.4, 0.5) is 0 Å². The zero-order valence-electron chi connectivity index (χ0n) is 12.3.